The van der Waals surface area contributed by atoms with Gasteiger partial charge in [0.2, 0.25) is 18.6 Å². The number of ether oxygens (including phenoxy) is 4. The summed E-state index contributed by atoms with van der Waals surface area (Å²) in [5.74, 6) is 1.71. The summed E-state index contributed by atoms with van der Waals surface area (Å²) in [5, 5.41) is 2.88. The Hall–Kier alpha value is -2.52. The van der Waals surface area contributed by atoms with Gasteiger partial charge in [-0.3, -0.25) is 14.5 Å². The molecule has 0 aromatic heterocycles. The zero-order chi connectivity index (χ0) is 20.2. The van der Waals surface area contributed by atoms with Crippen LogP contribution in [0.3, 0.4) is 0 Å². The van der Waals surface area contributed by atoms with E-state index in [1.165, 1.54) is 0 Å². The molecule has 1 aromatic rings. The van der Waals surface area contributed by atoms with Crippen molar-refractivity contribution in [1.82, 2.24) is 9.80 Å². The molecule has 0 radical (unpaired) electrons. The average molecular weight is 405 g/mol. The lowest BCUT2D eigenvalue weighted by Crippen LogP contribution is -2.50. The number of carbonyl (C=O) groups is 2. The lowest BCUT2D eigenvalue weighted by atomic mass is 10.1. The third kappa shape index (κ3) is 4.73. The highest BCUT2D eigenvalue weighted by Crippen LogP contribution is 2.40. The van der Waals surface area contributed by atoms with Gasteiger partial charge in [-0.1, -0.05) is 0 Å². The number of piperazine rings is 1. The van der Waals surface area contributed by atoms with Crippen molar-refractivity contribution in [1.29, 1.82) is 0 Å². The Morgan fingerprint density at radius 1 is 1.17 bits per heavy atom. The van der Waals surface area contributed by atoms with Gasteiger partial charge in [0.05, 0.1) is 31.9 Å². The van der Waals surface area contributed by atoms with Crippen LogP contribution in [0.4, 0.5) is 5.69 Å². The van der Waals surface area contributed by atoms with Gasteiger partial charge in [0, 0.05) is 44.9 Å². The number of fused-ring (bicyclic) bond motifs is 1. The Morgan fingerprint density at radius 2 is 1.93 bits per heavy atom. The monoisotopic (exact) mass is 405 g/mol. The highest BCUT2D eigenvalue weighted by Gasteiger charge is 2.26. The zero-order valence-electron chi connectivity index (χ0n) is 16.6. The lowest BCUT2D eigenvalue weighted by molar-refractivity contribution is -0.135. The molecule has 4 rings (SSSR count). The van der Waals surface area contributed by atoms with E-state index < -0.39 is 0 Å². The molecule has 3 aliphatic heterocycles. The fourth-order valence-corrected chi connectivity index (χ4v) is 3.87. The standard InChI is InChI=1S/C20H27N3O6/c1-26-16-11-18-17(28-13-29-18)10-15(16)21-19(24)12-22-4-6-23(7-5-22)20(25)9-14-3-2-8-27-14/h10-11,14H,2-9,12-13H2,1H3,(H,21,24). The molecular formula is C20H27N3O6. The first-order valence-corrected chi connectivity index (χ1v) is 10.0. The number of methoxy groups -OCH3 is 1. The molecule has 158 valence electrons. The molecule has 0 aliphatic carbocycles. The fourth-order valence-electron chi connectivity index (χ4n) is 3.87. The van der Waals surface area contributed by atoms with E-state index in [-0.39, 0.29) is 31.3 Å². The molecule has 2 amide bonds. The van der Waals surface area contributed by atoms with Gasteiger partial charge in [0.1, 0.15) is 5.75 Å². The number of hydrogen-bond acceptors (Lipinski definition) is 7. The summed E-state index contributed by atoms with van der Waals surface area (Å²) < 4.78 is 21.6. The van der Waals surface area contributed by atoms with Gasteiger partial charge in [-0.25, -0.2) is 0 Å². The van der Waals surface area contributed by atoms with E-state index in [0.717, 1.165) is 19.4 Å². The number of benzene rings is 1. The number of anilines is 1. The molecular weight excluding hydrogens is 378 g/mol. The molecule has 29 heavy (non-hydrogen) atoms. The lowest BCUT2D eigenvalue weighted by Gasteiger charge is -2.34. The highest BCUT2D eigenvalue weighted by molar-refractivity contribution is 5.94. The minimum atomic E-state index is -0.138. The summed E-state index contributed by atoms with van der Waals surface area (Å²) in [6, 6.07) is 3.41. The molecule has 9 heteroatoms. The molecule has 0 spiro atoms. The van der Waals surface area contributed by atoms with Crippen LogP contribution in [-0.4, -0.2) is 81.0 Å². The molecule has 2 fully saturated rings. The number of amides is 2. The van der Waals surface area contributed by atoms with Crippen LogP contribution in [0.2, 0.25) is 0 Å². The molecule has 1 aromatic carbocycles. The van der Waals surface area contributed by atoms with E-state index in [1.54, 1.807) is 19.2 Å². The van der Waals surface area contributed by atoms with Gasteiger partial charge in [0.15, 0.2) is 11.5 Å². The van der Waals surface area contributed by atoms with Crippen molar-refractivity contribution in [2.45, 2.75) is 25.4 Å². The van der Waals surface area contributed by atoms with Gasteiger partial charge < -0.3 is 29.2 Å². The average Bonchev–Trinajstić information content (AvgIpc) is 3.39. The quantitative estimate of drug-likeness (QED) is 0.757. The maximum atomic E-state index is 12.5. The molecule has 2 saturated heterocycles. The second kappa shape index (κ2) is 8.87. The van der Waals surface area contributed by atoms with Gasteiger partial charge in [-0.15, -0.1) is 0 Å². The van der Waals surface area contributed by atoms with Crippen LogP contribution in [0.25, 0.3) is 0 Å². The summed E-state index contributed by atoms with van der Waals surface area (Å²) in [5.41, 5.74) is 0.548. The summed E-state index contributed by atoms with van der Waals surface area (Å²) in [6.07, 6.45) is 2.54. The van der Waals surface area contributed by atoms with Crippen LogP contribution in [-0.2, 0) is 14.3 Å². The third-order valence-electron chi connectivity index (χ3n) is 5.49. The Labute approximate surface area is 169 Å². The van der Waals surface area contributed by atoms with Crippen molar-refractivity contribution in [3.05, 3.63) is 12.1 Å². The van der Waals surface area contributed by atoms with E-state index in [0.29, 0.717) is 55.5 Å². The Morgan fingerprint density at radius 3 is 2.62 bits per heavy atom. The number of carbonyl (C=O) groups excluding carboxylic acids is 2. The van der Waals surface area contributed by atoms with Crippen LogP contribution >= 0.6 is 0 Å². The first kappa shape index (κ1) is 19.8. The van der Waals surface area contributed by atoms with Gasteiger partial charge >= 0.3 is 0 Å². The third-order valence-corrected chi connectivity index (χ3v) is 5.49. The fraction of sp³-hybridized carbons (Fsp3) is 0.600. The van der Waals surface area contributed by atoms with Crippen molar-refractivity contribution < 1.29 is 28.5 Å². The highest BCUT2D eigenvalue weighted by atomic mass is 16.7. The Bertz CT molecular complexity index is 757. The summed E-state index contributed by atoms with van der Waals surface area (Å²) in [6.45, 7) is 3.77. The van der Waals surface area contributed by atoms with E-state index in [1.807, 2.05) is 9.80 Å². The van der Waals surface area contributed by atoms with E-state index in [9.17, 15) is 9.59 Å². The van der Waals surface area contributed by atoms with Crippen LogP contribution in [0.5, 0.6) is 17.2 Å². The predicted molar refractivity (Wildman–Crippen MR) is 104 cm³/mol. The minimum Gasteiger partial charge on any atom is -0.494 e. The first-order chi connectivity index (χ1) is 14.1. The number of nitrogens with zero attached hydrogens (tertiary/aromatic N) is 2. The van der Waals surface area contributed by atoms with Crippen molar-refractivity contribution >= 4 is 17.5 Å². The second-order valence-electron chi connectivity index (χ2n) is 7.45. The molecule has 9 nitrogen and oxygen atoms in total. The summed E-state index contributed by atoms with van der Waals surface area (Å²) in [4.78, 5) is 28.8. The Kier molecular flexibility index (Phi) is 6.05. The number of nitrogens with one attached hydrogen (secondary N) is 1. The van der Waals surface area contributed by atoms with Crippen molar-refractivity contribution in [3.63, 3.8) is 0 Å². The maximum Gasteiger partial charge on any atom is 0.238 e. The molecule has 1 N–H and O–H groups in total. The van der Waals surface area contributed by atoms with Crippen molar-refractivity contribution in [3.8, 4) is 17.2 Å². The van der Waals surface area contributed by atoms with E-state index in [4.69, 9.17) is 18.9 Å². The molecule has 0 bridgehead atoms. The van der Waals surface area contributed by atoms with Gasteiger partial charge in [-0.2, -0.15) is 0 Å². The molecule has 3 heterocycles. The van der Waals surface area contributed by atoms with Crippen LogP contribution in [0.1, 0.15) is 19.3 Å². The largest absolute Gasteiger partial charge is 0.494 e. The SMILES string of the molecule is COc1cc2c(cc1NC(=O)CN1CCN(C(=O)CC3CCCO3)CC1)OCO2. The van der Waals surface area contributed by atoms with Crippen molar-refractivity contribution in [2.24, 2.45) is 0 Å². The van der Waals surface area contributed by atoms with E-state index in [2.05, 4.69) is 5.32 Å². The molecule has 0 saturated carbocycles. The predicted octanol–water partition coefficient (Wildman–Crippen LogP) is 1.08. The van der Waals surface area contributed by atoms with Crippen LogP contribution in [0, 0.1) is 0 Å². The molecule has 1 unspecified atom stereocenters. The normalized spacial score (nSPS) is 21.3. The van der Waals surface area contributed by atoms with Crippen molar-refractivity contribution in [2.75, 3.05) is 58.6 Å². The zero-order valence-corrected chi connectivity index (χ0v) is 16.6. The second-order valence-corrected chi connectivity index (χ2v) is 7.45. The molecule has 3 aliphatic rings. The minimum absolute atomic E-state index is 0.0722. The maximum absolute atomic E-state index is 12.5. The van der Waals surface area contributed by atoms with Gasteiger partial charge in [0.25, 0.3) is 0 Å². The first-order valence-electron chi connectivity index (χ1n) is 10.0. The summed E-state index contributed by atoms with van der Waals surface area (Å²) >= 11 is 0. The van der Waals surface area contributed by atoms with Gasteiger partial charge in [-0.05, 0) is 12.8 Å². The Balaban J connectivity index is 1.25. The number of hydrogen-bond donors (Lipinski definition) is 1. The topological polar surface area (TPSA) is 89.6 Å². The molecule has 1 atom stereocenters. The van der Waals surface area contributed by atoms with E-state index >= 15 is 0 Å². The summed E-state index contributed by atoms with van der Waals surface area (Å²) in [7, 11) is 1.54. The van der Waals surface area contributed by atoms with Crippen LogP contribution < -0.4 is 19.5 Å². The van der Waals surface area contributed by atoms with Crippen LogP contribution in [0.15, 0.2) is 12.1 Å². The number of rotatable bonds is 6. The smallest absolute Gasteiger partial charge is 0.238 e.